The van der Waals surface area contributed by atoms with E-state index < -0.39 is 0 Å². The Morgan fingerprint density at radius 1 is 0.840 bits per heavy atom. The van der Waals surface area contributed by atoms with Crippen LogP contribution in [0.25, 0.3) is 0 Å². The molecule has 1 amide bonds. The first-order chi connectivity index (χ1) is 12.2. The predicted molar refractivity (Wildman–Crippen MR) is 98.6 cm³/mol. The number of carbonyl (C=O) groups is 2. The first-order valence-electron chi connectivity index (χ1n) is 8.79. The summed E-state index contributed by atoms with van der Waals surface area (Å²) in [4.78, 5) is 26.7. The van der Waals surface area contributed by atoms with Gasteiger partial charge in [0.15, 0.2) is 0 Å². The van der Waals surface area contributed by atoms with Gasteiger partial charge in [0.2, 0.25) is 5.91 Å². The van der Waals surface area contributed by atoms with Gasteiger partial charge in [0.1, 0.15) is 5.78 Å². The third-order valence-corrected chi connectivity index (χ3v) is 4.59. The smallest absolute Gasteiger partial charge is 0.227 e. The van der Waals surface area contributed by atoms with Gasteiger partial charge in [-0.25, -0.2) is 0 Å². The number of hydrogen-bond donors (Lipinski definition) is 0. The Morgan fingerprint density at radius 2 is 1.48 bits per heavy atom. The second-order valence-electron chi connectivity index (χ2n) is 6.48. The molecule has 1 aliphatic heterocycles. The Balaban J connectivity index is 1.70. The highest BCUT2D eigenvalue weighted by Gasteiger charge is 2.22. The highest BCUT2D eigenvalue weighted by atomic mass is 16.2. The topological polar surface area (TPSA) is 37.4 Å². The molecule has 128 valence electrons. The number of nitrogens with zero attached hydrogens (tertiary/aromatic N) is 1. The quantitative estimate of drug-likeness (QED) is 0.843. The van der Waals surface area contributed by atoms with E-state index in [1.165, 1.54) is 5.56 Å². The van der Waals surface area contributed by atoms with Gasteiger partial charge >= 0.3 is 0 Å². The summed E-state index contributed by atoms with van der Waals surface area (Å²) in [6.07, 6.45) is 5.83. The molecule has 0 saturated heterocycles. The molecular formula is C22H23NO2. The Morgan fingerprint density at radius 3 is 2.16 bits per heavy atom. The van der Waals surface area contributed by atoms with Crippen LogP contribution in [0.2, 0.25) is 0 Å². The lowest BCUT2D eigenvalue weighted by atomic mass is 9.90. The maximum absolute atomic E-state index is 12.5. The monoisotopic (exact) mass is 333 g/mol. The minimum Gasteiger partial charge on any atom is -0.315 e. The van der Waals surface area contributed by atoms with Gasteiger partial charge in [0.05, 0.1) is 6.54 Å². The molecule has 0 spiro atoms. The highest BCUT2D eigenvalue weighted by molar-refractivity contribution is 5.87. The van der Waals surface area contributed by atoms with Crippen molar-refractivity contribution in [2.75, 3.05) is 0 Å². The molecule has 25 heavy (non-hydrogen) atoms. The number of carbonyl (C=O) groups excluding carboxylic acids is 2. The Hall–Kier alpha value is -2.68. The number of benzene rings is 2. The standard InChI is InChI=1S/C22H23NO2/c24-21-13-14-22(25)23(17-19-10-5-2-6-11-19)15-7-12-20(21)16-18-8-3-1-4-9-18/h1-11,15,20H,12-14,16-17H2/b15-7-. The zero-order valence-electron chi connectivity index (χ0n) is 14.3. The molecule has 1 atom stereocenters. The first-order valence-corrected chi connectivity index (χ1v) is 8.79. The van der Waals surface area contributed by atoms with Crippen LogP contribution in [0.3, 0.4) is 0 Å². The maximum atomic E-state index is 12.5. The van der Waals surface area contributed by atoms with E-state index in [1.54, 1.807) is 4.90 Å². The zero-order valence-corrected chi connectivity index (χ0v) is 14.3. The minimum absolute atomic E-state index is 0.00816. The van der Waals surface area contributed by atoms with Gasteiger partial charge in [0, 0.05) is 25.0 Å². The van der Waals surface area contributed by atoms with Crippen LogP contribution in [0.4, 0.5) is 0 Å². The van der Waals surface area contributed by atoms with Crippen LogP contribution in [0, 0.1) is 5.92 Å². The summed E-state index contributed by atoms with van der Waals surface area (Å²) in [7, 11) is 0. The van der Waals surface area contributed by atoms with E-state index in [0.717, 1.165) is 12.0 Å². The summed E-state index contributed by atoms with van der Waals surface area (Å²) in [6, 6.07) is 20.0. The Bertz CT molecular complexity index is 737. The molecule has 0 N–H and O–H groups in total. The van der Waals surface area contributed by atoms with Gasteiger partial charge in [-0.05, 0) is 24.0 Å². The van der Waals surface area contributed by atoms with E-state index in [0.29, 0.717) is 19.4 Å². The summed E-state index contributed by atoms with van der Waals surface area (Å²) < 4.78 is 0. The summed E-state index contributed by atoms with van der Waals surface area (Å²) in [5, 5.41) is 0. The largest absolute Gasteiger partial charge is 0.315 e. The summed E-state index contributed by atoms with van der Waals surface area (Å²) in [5.41, 5.74) is 2.26. The first kappa shape index (κ1) is 17.2. The average molecular weight is 333 g/mol. The molecule has 0 radical (unpaired) electrons. The van der Waals surface area contributed by atoms with Gasteiger partial charge in [-0.2, -0.15) is 0 Å². The van der Waals surface area contributed by atoms with Crippen molar-refractivity contribution in [1.82, 2.24) is 4.90 Å². The lowest BCUT2D eigenvalue weighted by Gasteiger charge is -2.18. The van der Waals surface area contributed by atoms with Gasteiger partial charge in [-0.15, -0.1) is 0 Å². The second kappa shape index (κ2) is 8.43. The van der Waals surface area contributed by atoms with E-state index in [2.05, 4.69) is 12.1 Å². The van der Waals surface area contributed by atoms with Crippen molar-refractivity contribution in [2.45, 2.75) is 32.2 Å². The van der Waals surface area contributed by atoms with E-state index in [4.69, 9.17) is 0 Å². The third-order valence-electron chi connectivity index (χ3n) is 4.59. The highest BCUT2D eigenvalue weighted by Crippen LogP contribution is 2.20. The van der Waals surface area contributed by atoms with Crippen LogP contribution in [-0.4, -0.2) is 16.6 Å². The van der Waals surface area contributed by atoms with Crippen molar-refractivity contribution in [1.29, 1.82) is 0 Å². The van der Waals surface area contributed by atoms with E-state index in [1.807, 2.05) is 60.8 Å². The fourth-order valence-electron chi connectivity index (χ4n) is 3.16. The number of hydrogen-bond acceptors (Lipinski definition) is 2. The number of allylic oxidation sites excluding steroid dienone is 1. The van der Waals surface area contributed by atoms with Crippen LogP contribution in [-0.2, 0) is 22.6 Å². The molecule has 0 aromatic heterocycles. The molecule has 0 fully saturated rings. The van der Waals surface area contributed by atoms with E-state index >= 15 is 0 Å². The Labute approximate surface area is 149 Å². The van der Waals surface area contributed by atoms with Crippen molar-refractivity contribution < 1.29 is 9.59 Å². The molecule has 0 bridgehead atoms. The molecule has 1 heterocycles. The molecule has 2 aromatic carbocycles. The van der Waals surface area contributed by atoms with Crippen LogP contribution in [0.5, 0.6) is 0 Å². The van der Waals surface area contributed by atoms with Crippen LogP contribution >= 0.6 is 0 Å². The molecule has 0 saturated carbocycles. The maximum Gasteiger partial charge on any atom is 0.227 e. The van der Waals surface area contributed by atoms with Crippen LogP contribution in [0.15, 0.2) is 72.9 Å². The number of ketones is 1. The number of Topliss-reactive ketones (excluding diaryl/α,β-unsaturated/α-hetero) is 1. The molecule has 1 unspecified atom stereocenters. The lowest BCUT2D eigenvalue weighted by molar-refractivity contribution is -0.132. The van der Waals surface area contributed by atoms with Gasteiger partial charge in [0.25, 0.3) is 0 Å². The van der Waals surface area contributed by atoms with Gasteiger partial charge < -0.3 is 4.90 Å². The minimum atomic E-state index is -0.0527. The summed E-state index contributed by atoms with van der Waals surface area (Å²) in [5.74, 6) is 0.139. The van der Waals surface area contributed by atoms with E-state index in [-0.39, 0.29) is 24.0 Å². The van der Waals surface area contributed by atoms with Crippen molar-refractivity contribution in [3.05, 3.63) is 84.1 Å². The van der Waals surface area contributed by atoms with Crippen molar-refractivity contribution in [2.24, 2.45) is 5.92 Å². The normalized spacial score (nSPS) is 19.8. The molecule has 2 aromatic rings. The third kappa shape index (κ3) is 4.90. The van der Waals surface area contributed by atoms with E-state index in [9.17, 15) is 9.59 Å². The van der Waals surface area contributed by atoms with Crippen molar-refractivity contribution in [3.63, 3.8) is 0 Å². The lowest BCUT2D eigenvalue weighted by Crippen LogP contribution is -2.25. The van der Waals surface area contributed by atoms with Crippen molar-refractivity contribution >= 4 is 11.7 Å². The van der Waals surface area contributed by atoms with Crippen LogP contribution < -0.4 is 0 Å². The zero-order chi connectivity index (χ0) is 17.5. The molecule has 1 aliphatic rings. The Kier molecular flexibility index (Phi) is 5.78. The van der Waals surface area contributed by atoms with Gasteiger partial charge in [-0.1, -0.05) is 66.7 Å². The number of amides is 1. The molecule has 0 aliphatic carbocycles. The molecule has 3 nitrogen and oxygen atoms in total. The summed E-state index contributed by atoms with van der Waals surface area (Å²) in [6.45, 7) is 0.549. The number of rotatable bonds is 4. The summed E-state index contributed by atoms with van der Waals surface area (Å²) >= 11 is 0. The van der Waals surface area contributed by atoms with Crippen molar-refractivity contribution in [3.8, 4) is 0 Å². The van der Waals surface area contributed by atoms with Gasteiger partial charge in [-0.3, -0.25) is 9.59 Å². The molecule has 3 rings (SSSR count). The predicted octanol–water partition coefficient (Wildman–Crippen LogP) is 4.14. The fraction of sp³-hybridized carbons (Fsp3) is 0.273. The SMILES string of the molecule is O=C1CCC(=O)N(Cc2ccccc2)/C=C\CC1Cc1ccccc1. The fourth-order valence-corrected chi connectivity index (χ4v) is 3.16. The average Bonchev–Trinajstić information content (AvgIpc) is 2.70. The van der Waals surface area contributed by atoms with Crippen LogP contribution in [0.1, 0.15) is 30.4 Å². The molecular weight excluding hydrogens is 310 g/mol. The molecule has 3 heteroatoms. The second-order valence-corrected chi connectivity index (χ2v) is 6.48.